The van der Waals surface area contributed by atoms with Crippen LogP contribution in [0.15, 0.2) is 24.3 Å². The molecule has 2 atom stereocenters. The zero-order valence-corrected chi connectivity index (χ0v) is 10.9. The first-order valence-corrected chi connectivity index (χ1v) is 6.33. The summed E-state index contributed by atoms with van der Waals surface area (Å²) < 4.78 is 0. The van der Waals surface area contributed by atoms with Crippen molar-refractivity contribution in [3.05, 3.63) is 35.4 Å². The van der Waals surface area contributed by atoms with Crippen molar-refractivity contribution < 1.29 is 0 Å². The van der Waals surface area contributed by atoms with Gasteiger partial charge in [0.15, 0.2) is 0 Å². The first kappa shape index (κ1) is 11.7. The Hall–Kier alpha value is -0.820. The van der Waals surface area contributed by atoms with Crippen molar-refractivity contribution in [3.63, 3.8) is 0 Å². The first-order chi connectivity index (χ1) is 7.59. The lowest BCUT2D eigenvalue weighted by molar-refractivity contribution is 0.344. The fourth-order valence-corrected chi connectivity index (χ4v) is 3.04. The van der Waals surface area contributed by atoms with Crippen LogP contribution in [0.3, 0.4) is 0 Å². The highest BCUT2D eigenvalue weighted by Crippen LogP contribution is 2.37. The van der Waals surface area contributed by atoms with Crippen molar-refractivity contribution in [1.29, 1.82) is 0 Å². The van der Waals surface area contributed by atoms with Crippen LogP contribution in [-0.2, 0) is 0 Å². The van der Waals surface area contributed by atoms with E-state index in [-0.39, 0.29) is 0 Å². The van der Waals surface area contributed by atoms with E-state index >= 15 is 0 Å². The maximum absolute atomic E-state index is 2.47. The standard InChI is InChI=1S/C15H23N/c1-11(2)14-9-16(4)10-15(14)13-8-6-5-7-12(13)3/h5-8,11,14-15H,9-10H2,1-4H3/t14?,15-/m0/s1. The summed E-state index contributed by atoms with van der Waals surface area (Å²) in [5.41, 5.74) is 3.01. The molecule has 0 amide bonds. The second kappa shape index (κ2) is 4.58. The van der Waals surface area contributed by atoms with Gasteiger partial charge in [-0.15, -0.1) is 0 Å². The molecule has 1 fully saturated rings. The van der Waals surface area contributed by atoms with Crippen LogP contribution in [0.4, 0.5) is 0 Å². The Morgan fingerprint density at radius 3 is 2.50 bits per heavy atom. The third-order valence-corrected chi connectivity index (χ3v) is 3.99. The van der Waals surface area contributed by atoms with Crippen molar-refractivity contribution in [2.45, 2.75) is 26.7 Å². The largest absolute Gasteiger partial charge is 0.305 e. The quantitative estimate of drug-likeness (QED) is 0.734. The summed E-state index contributed by atoms with van der Waals surface area (Å²) in [6.45, 7) is 9.42. The molecule has 1 heterocycles. The number of hydrogen-bond donors (Lipinski definition) is 0. The normalized spacial score (nSPS) is 26.6. The van der Waals surface area contributed by atoms with E-state index < -0.39 is 0 Å². The molecule has 0 bridgehead atoms. The summed E-state index contributed by atoms with van der Waals surface area (Å²) >= 11 is 0. The predicted molar refractivity (Wildman–Crippen MR) is 69.7 cm³/mol. The fourth-order valence-electron chi connectivity index (χ4n) is 3.04. The maximum Gasteiger partial charge on any atom is 0.00507 e. The molecule has 2 rings (SSSR count). The van der Waals surface area contributed by atoms with Crippen molar-refractivity contribution >= 4 is 0 Å². The van der Waals surface area contributed by atoms with Crippen molar-refractivity contribution in [2.24, 2.45) is 11.8 Å². The van der Waals surface area contributed by atoms with Gasteiger partial charge in [-0.3, -0.25) is 0 Å². The Bertz CT molecular complexity index is 356. The van der Waals surface area contributed by atoms with Gasteiger partial charge in [0, 0.05) is 19.0 Å². The van der Waals surface area contributed by atoms with Gasteiger partial charge in [-0.25, -0.2) is 0 Å². The number of nitrogens with zero attached hydrogens (tertiary/aromatic N) is 1. The Kier molecular flexibility index (Phi) is 3.34. The molecule has 0 spiro atoms. The van der Waals surface area contributed by atoms with Crippen LogP contribution < -0.4 is 0 Å². The minimum atomic E-state index is 0.728. The van der Waals surface area contributed by atoms with E-state index in [2.05, 4.69) is 57.0 Å². The SMILES string of the molecule is Cc1ccccc1[C@@H]1CN(C)CC1C(C)C. The molecule has 1 nitrogen and oxygen atoms in total. The van der Waals surface area contributed by atoms with Crippen LogP contribution in [0, 0.1) is 18.8 Å². The summed E-state index contributed by atoms with van der Waals surface area (Å²) in [4.78, 5) is 2.47. The number of likely N-dealkylation sites (tertiary alicyclic amines) is 1. The molecule has 0 radical (unpaired) electrons. The van der Waals surface area contributed by atoms with Crippen LogP contribution in [-0.4, -0.2) is 25.0 Å². The average Bonchev–Trinajstić information content (AvgIpc) is 2.61. The molecule has 0 aliphatic carbocycles. The van der Waals surface area contributed by atoms with E-state index in [0.29, 0.717) is 0 Å². The van der Waals surface area contributed by atoms with Crippen LogP contribution in [0.1, 0.15) is 30.9 Å². The van der Waals surface area contributed by atoms with E-state index in [1.165, 1.54) is 18.7 Å². The summed E-state index contributed by atoms with van der Waals surface area (Å²) in [5.74, 6) is 2.31. The molecule has 1 aromatic rings. The second-order valence-corrected chi connectivity index (χ2v) is 5.59. The first-order valence-electron chi connectivity index (χ1n) is 6.33. The molecule has 16 heavy (non-hydrogen) atoms. The van der Waals surface area contributed by atoms with Crippen LogP contribution in [0.5, 0.6) is 0 Å². The smallest absolute Gasteiger partial charge is 0.00507 e. The fraction of sp³-hybridized carbons (Fsp3) is 0.600. The van der Waals surface area contributed by atoms with Gasteiger partial charge in [0.1, 0.15) is 0 Å². The molecule has 88 valence electrons. The van der Waals surface area contributed by atoms with Crippen LogP contribution >= 0.6 is 0 Å². The summed E-state index contributed by atoms with van der Waals surface area (Å²) in [6.07, 6.45) is 0. The van der Waals surface area contributed by atoms with Crippen LogP contribution in [0.25, 0.3) is 0 Å². The van der Waals surface area contributed by atoms with Gasteiger partial charge < -0.3 is 4.90 Å². The van der Waals surface area contributed by atoms with Gasteiger partial charge in [-0.1, -0.05) is 38.1 Å². The molecule has 1 aromatic carbocycles. The lowest BCUT2D eigenvalue weighted by Gasteiger charge is -2.23. The number of rotatable bonds is 2. The molecular weight excluding hydrogens is 194 g/mol. The molecule has 1 heteroatoms. The Morgan fingerprint density at radius 1 is 1.19 bits per heavy atom. The highest BCUT2D eigenvalue weighted by atomic mass is 15.1. The van der Waals surface area contributed by atoms with Crippen molar-refractivity contribution in [3.8, 4) is 0 Å². The van der Waals surface area contributed by atoms with Crippen LogP contribution in [0.2, 0.25) is 0 Å². The highest BCUT2D eigenvalue weighted by molar-refractivity contribution is 5.31. The molecule has 0 aromatic heterocycles. The Labute approximate surface area is 99.5 Å². The summed E-state index contributed by atoms with van der Waals surface area (Å²) in [5, 5.41) is 0. The summed E-state index contributed by atoms with van der Waals surface area (Å²) in [7, 11) is 2.24. The minimum absolute atomic E-state index is 0.728. The van der Waals surface area contributed by atoms with Gasteiger partial charge in [0.25, 0.3) is 0 Å². The van der Waals surface area contributed by atoms with E-state index in [9.17, 15) is 0 Å². The number of likely N-dealkylation sites (N-methyl/N-ethyl adjacent to an activating group) is 1. The lowest BCUT2D eigenvalue weighted by Crippen LogP contribution is -2.18. The van der Waals surface area contributed by atoms with Gasteiger partial charge in [-0.05, 0) is 36.9 Å². The third-order valence-electron chi connectivity index (χ3n) is 3.99. The number of benzene rings is 1. The van der Waals surface area contributed by atoms with Gasteiger partial charge in [-0.2, -0.15) is 0 Å². The number of aryl methyl sites for hydroxylation is 1. The van der Waals surface area contributed by atoms with Gasteiger partial charge in [0.05, 0.1) is 0 Å². The molecule has 1 unspecified atom stereocenters. The molecule has 1 aliphatic heterocycles. The second-order valence-electron chi connectivity index (χ2n) is 5.59. The maximum atomic E-state index is 2.47. The van der Waals surface area contributed by atoms with E-state index in [1.54, 1.807) is 5.56 Å². The Balaban J connectivity index is 2.29. The third kappa shape index (κ3) is 2.15. The number of hydrogen-bond acceptors (Lipinski definition) is 1. The predicted octanol–water partition coefficient (Wildman–Crippen LogP) is 3.30. The van der Waals surface area contributed by atoms with Gasteiger partial charge >= 0.3 is 0 Å². The van der Waals surface area contributed by atoms with E-state index in [1.807, 2.05) is 0 Å². The zero-order chi connectivity index (χ0) is 11.7. The van der Waals surface area contributed by atoms with Gasteiger partial charge in [0.2, 0.25) is 0 Å². The van der Waals surface area contributed by atoms with E-state index in [4.69, 9.17) is 0 Å². The topological polar surface area (TPSA) is 3.24 Å². The van der Waals surface area contributed by atoms with E-state index in [0.717, 1.165) is 17.8 Å². The molecule has 1 saturated heterocycles. The molecule has 0 saturated carbocycles. The van der Waals surface area contributed by atoms with Crippen molar-refractivity contribution in [2.75, 3.05) is 20.1 Å². The molecule has 0 N–H and O–H groups in total. The lowest BCUT2D eigenvalue weighted by atomic mass is 9.80. The minimum Gasteiger partial charge on any atom is -0.305 e. The molecule has 1 aliphatic rings. The average molecular weight is 217 g/mol. The summed E-state index contributed by atoms with van der Waals surface area (Å²) in [6, 6.07) is 8.87. The van der Waals surface area contributed by atoms with Crippen molar-refractivity contribution in [1.82, 2.24) is 4.90 Å². The highest BCUT2D eigenvalue weighted by Gasteiger charge is 2.34. The zero-order valence-electron chi connectivity index (χ0n) is 10.9. The Morgan fingerprint density at radius 2 is 1.88 bits per heavy atom. The molecular formula is C15H23N. The monoisotopic (exact) mass is 217 g/mol.